The topological polar surface area (TPSA) is 33.0 Å². The molecule has 0 saturated heterocycles. The highest BCUT2D eigenvalue weighted by Crippen LogP contribution is 2.38. The molecule has 0 amide bonds. The molecule has 0 radical (unpaired) electrons. The van der Waals surface area contributed by atoms with Crippen molar-refractivity contribution < 1.29 is 17.9 Å². The number of nitriles is 1. The van der Waals surface area contributed by atoms with Gasteiger partial charge in [-0.3, -0.25) is 0 Å². The van der Waals surface area contributed by atoms with Gasteiger partial charge in [-0.05, 0) is 30.0 Å². The van der Waals surface area contributed by atoms with Gasteiger partial charge in [0.2, 0.25) is 0 Å². The molecule has 1 aromatic rings. The fourth-order valence-electron chi connectivity index (χ4n) is 0.972. The lowest BCUT2D eigenvalue weighted by molar-refractivity contribution is -0.0328. The van der Waals surface area contributed by atoms with Gasteiger partial charge in [-0.15, -0.1) is 0 Å². The predicted octanol–water partition coefficient (Wildman–Crippen LogP) is 3.18. The zero-order valence-corrected chi connectivity index (χ0v) is 8.45. The monoisotopic (exact) mass is 233 g/mol. The van der Waals surface area contributed by atoms with Crippen LogP contribution in [0.5, 0.6) is 5.75 Å². The number of alkyl halides is 3. The van der Waals surface area contributed by atoms with Gasteiger partial charge in [0.15, 0.2) is 0 Å². The number of hydrogen-bond acceptors (Lipinski definition) is 3. The molecule has 1 rings (SSSR count). The number of benzene rings is 1. The Morgan fingerprint density at radius 1 is 1.40 bits per heavy atom. The Hall–Kier alpha value is -1.35. The number of hydrogen-bond donors (Lipinski definition) is 0. The van der Waals surface area contributed by atoms with Crippen molar-refractivity contribution in [3.63, 3.8) is 0 Å². The smallest absolute Gasteiger partial charge is 0.446 e. The van der Waals surface area contributed by atoms with Crippen molar-refractivity contribution in [3.05, 3.63) is 23.8 Å². The molecule has 0 aliphatic rings. The average molecular weight is 233 g/mol. The molecule has 0 saturated carbocycles. The van der Waals surface area contributed by atoms with E-state index < -0.39 is 5.51 Å². The van der Waals surface area contributed by atoms with Crippen molar-refractivity contribution in [3.8, 4) is 11.8 Å². The molecule has 0 N–H and O–H groups in total. The zero-order valence-electron chi connectivity index (χ0n) is 7.63. The molecule has 0 aliphatic carbocycles. The summed E-state index contributed by atoms with van der Waals surface area (Å²) in [6.45, 7) is 0. The maximum atomic E-state index is 12.0. The van der Waals surface area contributed by atoms with Crippen molar-refractivity contribution in [2.45, 2.75) is 10.4 Å². The Bertz CT molecular complexity index is 397. The van der Waals surface area contributed by atoms with E-state index in [-0.39, 0.29) is 28.0 Å². The minimum absolute atomic E-state index is 0.0279. The Kier molecular flexibility index (Phi) is 3.48. The average Bonchev–Trinajstić information content (AvgIpc) is 2.15. The van der Waals surface area contributed by atoms with Gasteiger partial charge in [0.1, 0.15) is 11.8 Å². The number of methoxy groups -OCH3 is 1. The third kappa shape index (κ3) is 3.36. The number of halogens is 3. The van der Waals surface area contributed by atoms with Gasteiger partial charge < -0.3 is 4.74 Å². The van der Waals surface area contributed by atoms with E-state index >= 15 is 0 Å². The van der Waals surface area contributed by atoms with Gasteiger partial charge >= 0.3 is 5.51 Å². The van der Waals surface area contributed by atoms with Crippen LogP contribution in [0.3, 0.4) is 0 Å². The van der Waals surface area contributed by atoms with E-state index in [2.05, 4.69) is 0 Å². The van der Waals surface area contributed by atoms with E-state index in [4.69, 9.17) is 10.00 Å². The van der Waals surface area contributed by atoms with Crippen molar-refractivity contribution in [2.24, 2.45) is 0 Å². The lowest BCUT2D eigenvalue weighted by Gasteiger charge is -2.07. The Morgan fingerprint density at radius 3 is 2.53 bits per heavy atom. The second-order valence-electron chi connectivity index (χ2n) is 2.52. The first kappa shape index (κ1) is 11.7. The van der Waals surface area contributed by atoms with Gasteiger partial charge in [-0.1, -0.05) is 0 Å². The van der Waals surface area contributed by atoms with Gasteiger partial charge in [-0.2, -0.15) is 18.4 Å². The van der Waals surface area contributed by atoms with Crippen molar-refractivity contribution in [1.29, 1.82) is 5.26 Å². The fraction of sp³-hybridized carbons (Fsp3) is 0.222. The van der Waals surface area contributed by atoms with E-state index in [0.29, 0.717) is 0 Å². The van der Waals surface area contributed by atoms with Gasteiger partial charge in [0.25, 0.3) is 0 Å². The van der Waals surface area contributed by atoms with Crippen LogP contribution in [0, 0.1) is 11.3 Å². The number of nitrogens with zero attached hydrogens (tertiary/aromatic N) is 1. The Balaban J connectivity index is 3.00. The first-order valence-corrected chi connectivity index (χ1v) is 4.62. The summed E-state index contributed by atoms with van der Waals surface area (Å²) < 4.78 is 40.8. The molecule has 0 unspecified atom stereocenters. The second kappa shape index (κ2) is 4.45. The van der Waals surface area contributed by atoms with Crippen molar-refractivity contribution in [1.82, 2.24) is 0 Å². The molecule has 6 heteroatoms. The van der Waals surface area contributed by atoms with E-state index in [9.17, 15) is 13.2 Å². The largest absolute Gasteiger partial charge is 0.495 e. The van der Waals surface area contributed by atoms with Crippen LogP contribution < -0.4 is 4.74 Å². The third-order valence-corrected chi connectivity index (χ3v) is 2.25. The van der Waals surface area contributed by atoms with E-state index in [1.165, 1.54) is 19.2 Å². The third-order valence-electron chi connectivity index (χ3n) is 1.52. The Labute approximate surface area is 88.7 Å². The quantitative estimate of drug-likeness (QED) is 0.735. The Morgan fingerprint density at radius 2 is 2.07 bits per heavy atom. The molecule has 15 heavy (non-hydrogen) atoms. The molecule has 0 heterocycles. The summed E-state index contributed by atoms with van der Waals surface area (Å²) in [7, 11) is 1.35. The molecule has 0 spiro atoms. The summed E-state index contributed by atoms with van der Waals surface area (Å²) in [5, 5.41) is 8.65. The maximum Gasteiger partial charge on any atom is 0.446 e. The summed E-state index contributed by atoms with van der Waals surface area (Å²) >= 11 is -0.257. The minimum atomic E-state index is -4.35. The molecule has 2 nitrogen and oxygen atoms in total. The highest BCUT2D eigenvalue weighted by atomic mass is 32.2. The van der Waals surface area contributed by atoms with Crippen LogP contribution in [-0.2, 0) is 0 Å². The molecule has 0 aromatic heterocycles. The van der Waals surface area contributed by atoms with Crippen molar-refractivity contribution >= 4 is 11.8 Å². The normalized spacial score (nSPS) is 10.9. The van der Waals surface area contributed by atoms with E-state index in [1.807, 2.05) is 0 Å². The lowest BCUT2D eigenvalue weighted by Crippen LogP contribution is -1.99. The molecule has 0 bridgehead atoms. The second-order valence-corrected chi connectivity index (χ2v) is 3.66. The fourth-order valence-corrected chi connectivity index (χ4v) is 1.55. The summed E-state index contributed by atoms with van der Waals surface area (Å²) in [4.78, 5) is -0.0279. The van der Waals surface area contributed by atoms with Crippen molar-refractivity contribution in [2.75, 3.05) is 7.11 Å². The molecular weight excluding hydrogens is 227 g/mol. The van der Waals surface area contributed by atoms with Gasteiger partial charge in [0, 0.05) is 4.90 Å². The maximum absolute atomic E-state index is 12.0. The molecule has 1 aromatic carbocycles. The first-order valence-electron chi connectivity index (χ1n) is 3.80. The zero-order chi connectivity index (χ0) is 11.5. The van der Waals surface area contributed by atoms with Crippen LogP contribution in [-0.4, -0.2) is 12.6 Å². The van der Waals surface area contributed by atoms with Crippen LogP contribution >= 0.6 is 11.8 Å². The SMILES string of the molecule is COc1ccc(SC(F)(F)F)cc1C#N. The van der Waals surface area contributed by atoms with Gasteiger partial charge in [0.05, 0.1) is 12.7 Å². The molecule has 0 aliphatic heterocycles. The van der Waals surface area contributed by atoms with Gasteiger partial charge in [-0.25, -0.2) is 0 Å². The molecule has 0 fully saturated rings. The van der Waals surface area contributed by atoms with Crippen LogP contribution in [0.2, 0.25) is 0 Å². The summed E-state index contributed by atoms with van der Waals surface area (Å²) in [6.07, 6.45) is 0. The van der Waals surface area contributed by atoms with Crippen LogP contribution in [0.15, 0.2) is 23.1 Å². The number of thioether (sulfide) groups is 1. The number of ether oxygens (including phenoxy) is 1. The minimum Gasteiger partial charge on any atom is -0.495 e. The summed E-state index contributed by atoms with van der Waals surface area (Å²) in [5.41, 5.74) is -4.26. The van der Waals surface area contributed by atoms with Crippen LogP contribution in [0.1, 0.15) is 5.56 Å². The van der Waals surface area contributed by atoms with E-state index in [1.54, 1.807) is 6.07 Å². The predicted molar refractivity (Wildman–Crippen MR) is 49.6 cm³/mol. The first-order chi connectivity index (χ1) is 6.96. The lowest BCUT2D eigenvalue weighted by atomic mass is 10.2. The highest BCUT2D eigenvalue weighted by molar-refractivity contribution is 8.00. The van der Waals surface area contributed by atoms with Crippen LogP contribution in [0.25, 0.3) is 0 Å². The molecule has 80 valence electrons. The number of rotatable bonds is 2. The molecule has 0 atom stereocenters. The summed E-state index contributed by atoms with van der Waals surface area (Å²) in [6, 6.07) is 5.52. The van der Waals surface area contributed by atoms with E-state index in [0.717, 1.165) is 6.07 Å². The standard InChI is InChI=1S/C9H6F3NOS/c1-14-8-3-2-7(4-6(8)5-13)15-9(10,11)12/h2-4H,1H3. The molecular formula is C9H6F3NOS. The van der Waals surface area contributed by atoms with Crippen LogP contribution in [0.4, 0.5) is 13.2 Å². The highest BCUT2D eigenvalue weighted by Gasteiger charge is 2.29. The summed E-state index contributed by atoms with van der Waals surface area (Å²) in [5.74, 6) is 0.268.